The summed E-state index contributed by atoms with van der Waals surface area (Å²) in [6, 6.07) is 12.3. The van der Waals surface area contributed by atoms with E-state index in [0.717, 1.165) is 10.4 Å². The standard InChI is InChI=1S/C22H30N2O2S/c1-15(2)16-8-10-17(11-9-16)20(18-7-6-14-27-18)24-19(25)12-13-23-21(26)22(3,4)5/h6-11,14-15,20H,12-13H2,1-5H3,(H,23,26)(H,24,25). The molecule has 2 aromatic rings. The average molecular weight is 387 g/mol. The molecule has 0 aliphatic carbocycles. The summed E-state index contributed by atoms with van der Waals surface area (Å²) in [6.07, 6.45) is 0.258. The third-order valence-corrected chi connectivity index (χ3v) is 5.33. The van der Waals surface area contributed by atoms with Gasteiger partial charge in [-0.1, -0.05) is 65.0 Å². The van der Waals surface area contributed by atoms with Gasteiger partial charge >= 0.3 is 0 Å². The molecule has 5 heteroatoms. The van der Waals surface area contributed by atoms with E-state index < -0.39 is 5.41 Å². The number of benzene rings is 1. The smallest absolute Gasteiger partial charge is 0.225 e. The van der Waals surface area contributed by atoms with Gasteiger partial charge in [0.1, 0.15) is 0 Å². The Balaban J connectivity index is 2.03. The van der Waals surface area contributed by atoms with Crippen molar-refractivity contribution in [3.63, 3.8) is 0 Å². The summed E-state index contributed by atoms with van der Waals surface area (Å²) in [4.78, 5) is 25.5. The summed E-state index contributed by atoms with van der Waals surface area (Å²) in [6.45, 7) is 10.2. The van der Waals surface area contributed by atoms with Gasteiger partial charge in [-0.3, -0.25) is 9.59 Å². The molecule has 1 aromatic heterocycles. The van der Waals surface area contributed by atoms with Crippen LogP contribution in [0.1, 0.15) is 69.0 Å². The number of hydrogen-bond acceptors (Lipinski definition) is 3. The minimum atomic E-state index is -0.450. The van der Waals surface area contributed by atoms with Gasteiger partial charge in [-0.2, -0.15) is 0 Å². The van der Waals surface area contributed by atoms with Crippen molar-refractivity contribution in [3.05, 3.63) is 57.8 Å². The number of thiophene rings is 1. The van der Waals surface area contributed by atoms with E-state index in [2.05, 4.69) is 48.7 Å². The van der Waals surface area contributed by atoms with Gasteiger partial charge in [0.05, 0.1) is 6.04 Å². The second-order valence-corrected chi connectivity index (χ2v) is 9.07. The van der Waals surface area contributed by atoms with Crippen LogP contribution < -0.4 is 10.6 Å². The normalized spacial score (nSPS) is 12.7. The second kappa shape index (κ2) is 9.18. The highest BCUT2D eigenvalue weighted by Gasteiger charge is 2.21. The molecule has 0 aliphatic rings. The van der Waals surface area contributed by atoms with Gasteiger partial charge in [0, 0.05) is 23.3 Å². The quantitative estimate of drug-likeness (QED) is 0.729. The molecule has 2 rings (SSSR count). The summed E-state index contributed by atoms with van der Waals surface area (Å²) < 4.78 is 0. The van der Waals surface area contributed by atoms with E-state index in [1.165, 1.54) is 5.56 Å². The monoisotopic (exact) mass is 386 g/mol. The highest BCUT2D eigenvalue weighted by molar-refractivity contribution is 7.10. The largest absolute Gasteiger partial charge is 0.355 e. The summed E-state index contributed by atoms with van der Waals surface area (Å²) in [5.41, 5.74) is 1.89. The van der Waals surface area contributed by atoms with E-state index in [1.807, 2.05) is 38.3 Å². The molecule has 1 atom stereocenters. The highest BCUT2D eigenvalue weighted by atomic mass is 32.1. The number of rotatable bonds is 7. The molecule has 0 saturated carbocycles. The lowest BCUT2D eigenvalue weighted by molar-refractivity contribution is -0.128. The number of carbonyl (C=O) groups is 2. The van der Waals surface area contributed by atoms with Crippen LogP contribution in [0.3, 0.4) is 0 Å². The minimum absolute atomic E-state index is 0.0469. The van der Waals surface area contributed by atoms with E-state index >= 15 is 0 Å². The van der Waals surface area contributed by atoms with Crippen LogP contribution in [0.4, 0.5) is 0 Å². The summed E-state index contributed by atoms with van der Waals surface area (Å²) in [5, 5.41) is 7.96. The SMILES string of the molecule is CC(C)c1ccc(C(NC(=O)CCNC(=O)C(C)(C)C)c2cccs2)cc1. The van der Waals surface area contributed by atoms with Crippen molar-refractivity contribution in [2.45, 2.75) is 53.0 Å². The Morgan fingerprint density at radius 1 is 1.04 bits per heavy atom. The number of carbonyl (C=O) groups excluding carboxylic acids is 2. The molecular formula is C22H30N2O2S. The summed E-state index contributed by atoms with van der Waals surface area (Å²) >= 11 is 1.63. The minimum Gasteiger partial charge on any atom is -0.355 e. The first kappa shape index (κ1) is 21.2. The van der Waals surface area contributed by atoms with Crippen molar-refractivity contribution in [2.24, 2.45) is 5.41 Å². The fourth-order valence-corrected chi connectivity index (χ4v) is 3.44. The van der Waals surface area contributed by atoms with E-state index in [9.17, 15) is 9.59 Å². The van der Waals surface area contributed by atoms with E-state index in [0.29, 0.717) is 12.5 Å². The van der Waals surface area contributed by atoms with Crippen LogP contribution in [0.15, 0.2) is 41.8 Å². The van der Waals surface area contributed by atoms with Crippen LogP contribution in [0.25, 0.3) is 0 Å². The zero-order chi connectivity index (χ0) is 20.0. The lowest BCUT2D eigenvalue weighted by atomic mass is 9.96. The molecule has 0 aliphatic heterocycles. The van der Waals surface area contributed by atoms with E-state index in [4.69, 9.17) is 0 Å². The molecule has 0 bridgehead atoms. The fraction of sp³-hybridized carbons (Fsp3) is 0.455. The lowest BCUT2D eigenvalue weighted by Gasteiger charge is -2.20. The van der Waals surface area contributed by atoms with Crippen molar-refractivity contribution in [1.29, 1.82) is 0 Å². The zero-order valence-electron chi connectivity index (χ0n) is 16.8. The van der Waals surface area contributed by atoms with Crippen molar-refractivity contribution in [1.82, 2.24) is 10.6 Å². The van der Waals surface area contributed by atoms with Crippen molar-refractivity contribution in [2.75, 3.05) is 6.54 Å². The summed E-state index contributed by atoms with van der Waals surface area (Å²) in [5.74, 6) is 0.352. The number of nitrogens with one attached hydrogen (secondary N) is 2. The Morgan fingerprint density at radius 2 is 1.67 bits per heavy atom. The highest BCUT2D eigenvalue weighted by Crippen LogP contribution is 2.27. The molecule has 146 valence electrons. The third-order valence-electron chi connectivity index (χ3n) is 4.39. The van der Waals surface area contributed by atoms with Crippen molar-refractivity contribution < 1.29 is 9.59 Å². The molecule has 2 N–H and O–H groups in total. The maximum Gasteiger partial charge on any atom is 0.225 e. The van der Waals surface area contributed by atoms with Crippen molar-refractivity contribution in [3.8, 4) is 0 Å². The Kier molecular flexibility index (Phi) is 7.19. The Hall–Kier alpha value is -2.14. The van der Waals surface area contributed by atoms with E-state index in [1.54, 1.807) is 11.3 Å². The topological polar surface area (TPSA) is 58.2 Å². The first-order valence-electron chi connectivity index (χ1n) is 9.39. The maximum absolute atomic E-state index is 12.5. The predicted molar refractivity (Wildman–Crippen MR) is 112 cm³/mol. The van der Waals surface area contributed by atoms with Crippen LogP contribution in [0.2, 0.25) is 0 Å². The predicted octanol–water partition coefficient (Wildman–Crippen LogP) is 4.63. The van der Waals surface area contributed by atoms with Gasteiger partial charge in [0.15, 0.2) is 0 Å². The third kappa shape index (κ3) is 6.21. The molecule has 0 radical (unpaired) electrons. The van der Waals surface area contributed by atoms with Crippen LogP contribution in [-0.2, 0) is 9.59 Å². The number of amides is 2. The first-order valence-corrected chi connectivity index (χ1v) is 10.3. The molecule has 2 amide bonds. The fourth-order valence-electron chi connectivity index (χ4n) is 2.64. The molecule has 0 spiro atoms. The first-order chi connectivity index (χ1) is 12.7. The van der Waals surface area contributed by atoms with Gasteiger partial charge < -0.3 is 10.6 Å². The molecule has 0 fully saturated rings. The lowest BCUT2D eigenvalue weighted by Crippen LogP contribution is -2.38. The van der Waals surface area contributed by atoms with Gasteiger partial charge in [-0.05, 0) is 28.5 Å². The average Bonchev–Trinajstić information content (AvgIpc) is 3.13. The maximum atomic E-state index is 12.5. The van der Waals surface area contributed by atoms with Crippen LogP contribution in [0, 0.1) is 5.41 Å². The van der Waals surface area contributed by atoms with Crippen LogP contribution in [-0.4, -0.2) is 18.4 Å². The Labute approximate surface area is 166 Å². The second-order valence-electron chi connectivity index (χ2n) is 8.09. The number of hydrogen-bond donors (Lipinski definition) is 2. The van der Waals surface area contributed by atoms with Crippen LogP contribution >= 0.6 is 11.3 Å². The van der Waals surface area contributed by atoms with Gasteiger partial charge in [0.2, 0.25) is 11.8 Å². The zero-order valence-corrected chi connectivity index (χ0v) is 17.7. The Morgan fingerprint density at radius 3 is 2.19 bits per heavy atom. The molecule has 4 nitrogen and oxygen atoms in total. The van der Waals surface area contributed by atoms with Gasteiger partial charge in [-0.25, -0.2) is 0 Å². The van der Waals surface area contributed by atoms with Gasteiger partial charge in [0.25, 0.3) is 0 Å². The van der Waals surface area contributed by atoms with Gasteiger partial charge in [-0.15, -0.1) is 11.3 Å². The molecule has 0 saturated heterocycles. The van der Waals surface area contributed by atoms with E-state index in [-0.39, 0.29) is 24.3 Å². The Bertz CT molecular complexity index is 744. The summed E-state index contributed by atoms with van der Waals surface area (Å²) in [7, 11) is 0. The molecular weight excluding hydrogens is 356 g/mol. The van der Waals surface area contributed by atoms with Crippen LogP contribution in [0.5, 0.6) is 0 Å². The van der Waals surface area contributed by atoms with Crippen molar-refractivity contribution >= 4 is 23.2 Å². The molecule has 1 heterocycles. The molecule has 1 aromatic carbocycles. The molecule has 1 unspecified atom stereocenters. The molecule has 27 heavy (non-hydrogen) atoms.